The number of benzene rings is 2. The van der Waals surface area contributed by atoms with Crippen LogP contribution in [0.25, 0.3) is 17.0 Å². The summed E-state index contributed by atoms with van der Waals surface area (Å²) in [5.41, 5.74) is 2.01. The number of amides is 4. The van der Waals surface area contributed by atoms with Crippen molar-refractivity contribution in [1.29, 1.82) is 0 Å². The first-order valence-electron chi connectivity index (χ1n) is 9.75. The SMILES string of the molecule is CCOc1ccc(N2C(=O)NC(=O)C(=Cc3cn(CC)c4ccccc34)C2=O)cc1. The second-order valence-corrected chi connectivity index (χ2v) is 6.77. The summed E-state index contributed by atoms with van der Waals surface area (Å²) in [4.78, 5) is 38.9. The average molecular weight is 403 g/mol. The van der Waals surface area contributed by atoms with Gasteiger partial charge in [0.1, 0.15) is 11.3 Å². The Kier molecular flexibility index (Phi) is 5.10. The zero-order chi connectivity index (χ0) is 21.3. The average Bonchev–Trinajstić information content (AvgIpc) is 3.10. The first-order chi connectivity index (χ1) is 14.5. The van der Waals surface area contributed by atoms with Gasteiger partial charge in [-0.15, -0.1) is 0 Å². The third kappa shape index (κ3) is 3.34. The number of nitrogens with one attached hydrogen (secondary N) is 1. The van der Waals surface area contributed by atoms with Gasteiger partial charge in [0.25, 0.3) is 11.8 Å². The third-order valence-electron chi connectivity index (χ3n) is 4.97. The maximum Gasteiger partial charge on any atom is 0.335 e. The van der Waals surface area contributed by atoms with E-state index in [4.69, 9.17) is 4.74 Å². The summed E-state index contributed by atoms with van der Waals surface area (Å²) < 4.78 is 7.45. The molecule has 1 aliphatic rings. The molecule has 30 heavy (non-hydrogen) atoms. The van der Waals surface area contributed by atoms with Crippen molar-refractivity contribution in [1.82, 2.24) is 9.88 Å². The van der Waals surface area contributed by atoms with Crippen LogP contribution in [0.4, 0.5) is 10.5 Å². The van der Waals surface area contributed by atoms with E-state index >= 15 is 0 Å². The molecule has 0 atom stereocenters. The van der Waals surface area contributed by atoms with Crippen molar-refractivity contribution >= 4 is 40.5 Å². The second-order valence-electron chi connectivity index (χ2n) is 6.77. The highest BCUT2D eigenvalue weighted by molar-refractivity contribution is 6.39. The van der Waals surface area contributed by atoms with Gasteiger partial charge in [-0.05, 0) is 50.3 Å². The van der Waals surface area contributed by atoms with Crippen LogP contribution in [-0.2, 0) is 16.1 Å². The van der Waals surface area contributed by atoms with E-state index in [2.05, 4.69) is 5.32 Å². The molecule has 0 saturated carbocycles. The molecule has 0 spiro atoms. The van der Waals surface area contributed by atoms with Crippen LogP contribution >= 0.6 is 0 Å². The summed E-state index contributed by atoms with van der Waals surface area (Å²) in [6, 6.07) is 13.6. The van der Waals surface area contributed by atoms with Gasteiger partial charge in [0, 0.05) is 29.2 Å². The van der Waals surface area contributed by atoms with E-state index in [0.717, 1.165) is 27.9 Å². The lowest BCUT2D eigenvalue weighted by Gasteiger charge is -2.26. The topological polar surface area (TPSA) is 80.6 Å². The number of barbiturate groups is 1. The predicted octanol–water partition coefficient (Wildman–Crippen LogP) is 3.73. The van der Waals surface area contributed by atoms with Crippen LogP contribution in [0.3, 0.4) is 0 Å². The molecule has 0 bridgehead atoms. The zero-order valence-electron chi connectivity index (χ0n) is 16.7. The number of hydrogen-bond acceptors (Lipinski definition) is 4. The molecule has 1 aliphatic heterocycles. The number of aryl methyl sites for hydroxylation is 1. The summed E-state index contributed by atoms with van der Waals surface area (Å²) in [6.07, 6.45) is 3.44. The second kappa shape index (κ2) is 7.87. The smallest absolute Gasteiger partial charge is 0.335 e. The van der Waals surface area contributed by atoms with E-state index in [1.165, 1.54) is 0 Å². The number of fused-ring (bicyclic) bond motifs is 1. The molecule has 152 valence electrons. The first kappa shape index (κ1) is 19.4. The monoisotopic (exact) mass is 403 g/mol. The van der Waals surface area contributed by atoms with Crippen LogP contribution in [0.15, 0.2) is 60.3 Å². The number of imide groups is 2. The Labute approximate surface area is 173 Å². The van der Waals surface area contributed by atoms with Crippen molar-refractivity contribution in [3.05, 3.63) is 65.9 Å². The number of rotatable bonds is 5. The largest absolute Gasteiger partial charge is 0.494 e. The molecule has 2 aromatic carbocycles. The summed E-state index contributed by atoms with van der Waals surface area (Å²) in [7, 11) is 0. The van der Waals surface area contributed by atoms with E-state index < -0.39 is 17.8 Å². The Morgan fingerprint density at radius 1 is 1.00 bits per heavy atom. The quantitative estimate of drug-likeness (QED) is 0.520. The predicted molar refractivity (Wildman–Crippen MR) is 114 cm³/mol. The number of anilines is 1. The number of carbonyl (C=O) groups excluding carboxylic acids is 3. The van der Waals surface area contributed by atoms with Crippen molar-refractivity contribution in [2.24, 2.45) is 0 Å². The molecule has 3 aromatic rings. The van der Waals surface area contributed by atoms with Gasteiger partial charge in [0.05, 0.1) is 12.3 Å². The van der Waals surface area contributed by atoms with Crippen LogP contribution in [-0.4, -0.2) is 29.0 Å². The Morgan fingerprint density at radius 3 is 2.43 bits per heavy atom. The van der Waals surface area contributed by atoms with Crippen molar-refractivity contribution < 1.29 is 19.1 Å². The molecule has 4 amide bonds. The zero-order valence-corrected chi connectivity index (χ0v) is 16.7. The fourth-order valence-corrected chi connectivity index (χ4v) is 3.56. The molecule has 1 fully saturated rings. The van der Waals surface area contributed by atoms with E-state index in [1.54, 1.807) is 30.3 Å². The molecule has 7 nitrogen and oxygen atoms in total. The highest BCUT2D eigenvalue weighted by Gasteiger charge is 2.37. The van der Waals surface area contributed by atoms with Crippen molar-refractivity contribution in [3.63, 3.8) is 0 Å². The molecule has 2 heterocycles. The Hall–Kier alpha value is -3.87. The van der Waals surface area contributed by atoms with E-state index in [0.29, 0.717) is 18.0 Å². The Balaban J connectivity index is 1.74. The summed E-state index contributed by atoms with van der Waals surface area (Å²) in [5, 5.41) is 3.19. The molecule has 1 aromatic heterocycles. The minimum absolute atomic E-state index is 0.0949. The van der Waals surface area contributed by atoms with E-state index in [1.807, 2.05) is 48.9 Å². The summed E-state index contributed by atoms with van der Waals surface area (Å²) in [6.45, 7) is 5.15. The molecular weight excluding hydrogens is 382 g/mol. The molecule has 7 heteroatoms. The van der Waals surface area contributed by atoms with Crippen molar-refractivity contribution in [3.8, 4) is 5.75 Å². The first-order valence-corrected chi connectivity index (χ1v) is 9.75. The Morgan fingerprint density at radius 2 is 1.73 bits per heavy atom. The highest BCUT2D eigenvalue weighted by atomic mass is 16.5. The lowest BCUT2D eigenvalue weighted by molar-refractivity contribution is -0.122. The fourth-order valence-electron chi connectivity index (χ4n) is 3.56. The van der Waals surface area contributed by atoms with Gasteiger partial charge in [-0.25, -0.2) is 9.69 Å². The van der Waals surface area contributed by atoms with Gasteiger partial charge < -0.3 is 9.30 Å². The van der Waals surface area contributed by atoms with E-state index in [9.17, 15) is 14.4 Å². The lowest BCUT2D eigenvalue weighted by atomic mass is 10.1. The summed E-state index contributed by atoms with van der Waals surface area (Å²) in [5.74, 6) is -0.743. The van der Waals surface area contributed by atoms with Gasteiger partial charge >= 0.3 is 6.03 Å². The van der Waals surface area contributed by atoms with Gasteiger partial charge in [-0.2, -0.15) is 0 Å². The number of nitrogens with zero attached hydrogens (tertiary/aromatic N) is 2. The Bertz CT molecular complexity index is 1170. The summed E-state index contributed by atoms with van der Waals surface area (Å²) >= 11 is 0. The molecule has 4 rings (SSSR count). The number of aromatic nitrogens is 1. The number of ether oxygens (including phenoxy) is 1. The third-order valence-corrected chi connectivity index (χ3v) is 4.97. The maximum atomic E-state index is 13.1. The molecule has 0 aliphatic carbocycles. The minimum atomic E-state index is -0.776. The molecule has 1 N–H and O–H groups in total. The van der Waals surface area contributed by atoms with Crippen LogP contribution in [0.2, 0.25) is 0 Å². The highest BCUT2D eigenvalue weighted by Crippen LogP contribution is 2.27. The number of hydrogen-bond donors (Lipinski definition) is 1. The molecule has 0 radical (unpaired) electrons. The molecule has 1 saturated heterocycles. The standard InChI is InChI=1S/C23H21N3O4/c1-3-25-14-15(18-7-5-6-8-20(18)25)13-19-21(27)24-23(29)26(22(19)28)16-9-11-17(12-10-16)30-4-2/h5-14H,3-4H2,1-2H3,(H,24,27,29). The van der Waals surface area contributed by atoms with Crippen LogP contribution in [0.1, 0.15) is 19.4 Å². The van der Waals surface area contributed by atoms with E-state index in [-0.39, 0.29) is 5.57 Å². The van der Waals surface area contributed by atoms with Crippen LogP contribution < -0.4 is 15.0 Å². The van der Waals surface area contributed by atoms with Gasteiger partial charge in [-0.3, -0.25) is 14.9 Å². The normalized spacial score (nSPS) is 15.7. The van der Waals surface area contributed by atoms with Crippen LogP contribution in [0, 0.1) is 0 Å². The molecular formula is C23H21N3O4. The van der Waals surface area contributed by atoms with Gasteiger partial charge in [0.2, 0.25) is 0 Å². The lowest BCUT2D eigenvalue weighted by Crippen LogP contribution is -2.54. The number of urea groups is 1. The molecule has 0 unspecified atom stereocenters. The van der Waals surface area contributed by atoms with Gasteiger partial charge in [0.15, 0.2) is 0 Å². The number of para-hydroxylation sites is 1. The van der Waals surface area contributed by atoms with Crippen molar-refractivity contribution in [2.45, 2.75) is 20.4 Å². The number of carbonyl (C=O) groups is 3. The maximum absolute atomic E-state index is 13.1. The van der Waals surface area contributed by atoms with Crippen LogP contribution in [0.5, 0.6) is 5.75 Å². The minimum Gasteiger partial charge on any atom is -0.494 e. The fraction of sp³-hybridized carbons (Fsp3) is 0.174. The van der Waals surface area contributed by atoms with Crippen molar-refractivity contribution in [2.75, 3.05) is 11.5 Å². The van der Waals surface area contributed by atoms with Gasteiger partial charge in [-0.1, -0.05) is 18.2 Å².